The van der Waals surface area contributed by atoms with E-state index in [1.165, 1.54) is 46.6 Å². The number of ether oxygens (including phenoxy) is 4. The maximum absolute atomic E-state index is 14.2. The van der Waals surface area contributed by atoms with Crippen LogP contribution in [-0.4, -0.2) is 73.8 Å². The average Bonchev–Trinajstić information content (AvgIpc) is 3.00. The lowest BCUT2D eigenvalue weighted by molar-refractivity contribution is 0.326. The molecule has 0 spiro atoms. The van der Waals surface area contributed by atoms with Crippen molar-refractivity contribution >= 4 is 43.3 Å². The lowest BCUT2D eigenvalue weighted by atomic mass is 10.1. The maximum Gasteiger partial charge on any atom is 0.206 e. The molecule has 0 aliphatic carbocycles. The van der Waals surface area contributed by atoms with Crippen molar-refractivity contribution in [1.82, 2.24) is 4.98 Å². The molecule has 12 heteroatoms. The van der Waals surface area contributed by atoms with Crippen LogP contribution in [0.4, 0.5) is 11.5 Å². The fraction of sp³-hybridized carbons (Fsp3) is 0.310. The quantitative estimate of drug-likeness (QED) is 0.213. The summed E-state index contributed by atoms with van der Waals surface area (Å²) < 4.78 is 54.9. The van der Waals surface area contributed by atoms with E-state index in [9.17, 15) is 13.2 Å². The number of aromatic nitrogens is 1. The Kier molecular flexibility index (Phi) is 7.68. The summed E-state index contributed by atoms with van der Waals surface area (Å²) in [6.07, 6.45) is 3.04. The van der Waals surface area contributed by atoms with Gasteiger partial charge >= 0.3 is 0 Å². The van der Waals surface area contributed by atoms with Crippen LogP contribution in [0.3, 0.4) is 0 Å². The third kappa shape index (κ3) is 4.77. The molecule has 4 aromatic rings. The Bertz CT molecular complexity index is 1780. The van der Waals surface area contributed by atoms with Crippen LogP contribution in [0.15, 0.2) is 63.3 Å². The van der Waals surface area contributed by atoms with E-state index < -0.39 is 15.3 Å². The molecule has 2 aromatic heterocycles. The molecular weight excluding hydrogens is 550 g/mol. The van der Waals surface area contributed by atoms with Crippen molar-refractivity contribution in [2.75, 3.05) is 70.2 Å². The van der Waals surface area contributed by atoms with Crippen molar-refractivity contribution < 1.29 is 31.8 Å². The van der Waals surface area contributed by atoms with Gasteiger partial charge in [-0.2, -0.15) is 0 Å². The van der Waals surface area contributed by atoms with Crippen LogP contribution < -0.4 is 34.2 Å². The number of anilines is 2. The Morgan fingerprint density at radius 2 is 1.61 bits per heavy atom. The molecule has 0 N–H and O–H groups in total. The van der Waals surface area contributed by atoms with Crippen molar-refractivity contribution in [3.05, 3.63) is 59.4 Å². The van der Waals surface area contributed by atoms with E-state index in [0.29, 0.717) is 37.6 Å². The Hall–Kier alpha value is -4.45. The Labute approximate surface area is 237 Å². The number of sulfone groups is 1. The van der Waals surface area contributed by atoms with Gasteiger partial charge in [-0.1, -0.05) is 12.1 Å². The minimum atomic E-state index is -3.77. The summed E-state index contributed by atoms with van der Waals surface area (Å²) >= 11 is 0. The van der Waals surface area contributed by atoms with Gasteiger partial charge in [-0.05, 0) is 18.2 Å². The number of benzene rings is 2. The second-order valence-electron chi connectivity index (χ2n) is 9.32. The molecular formula is C29H31N3O8S. The van der Waals surface area contributed by atoms with Crippen LogP contribution >= 0.6 is 0 Å². The molecule has 0 unspecified atom stereocenters. The number of hydrogen-bond acceptors (Lipinski definition) is 11. The van der Waals surface area contributed by atoms with Crippen LogP contribution in [-0.2, 0) is 9.84 Å². The Morgan fingerprint density at radius 3 is 2.20 bits per heavy atom. The molecule has 216 valence electrons. The van der Waals surface area contributed by atoms with Crippen LogP contribution in [0.2, 0.25) is 0 Å². The molecule has 1 fully saturated rings. The standard InChI is InChI=1S/C29H31N3O8S/c1-6-15-41(34,35)18-16-19-24(33)22-26(40-25(19)20(17-18)36-2)23(28(38-4)29(39-5)27(22)37-3)32-13-11-31(12-14-32)21-9-7-8-10-30-21/h6-10,16-17H,1,11-15H2,2-5H3. The highest BCUT2D eigenvalue weighted by molar-refractivity contribution is 7.91. The first-order chi connectivity index (χ1) is 19.8. The third-order valence-corrected chi connectivity index (χ3v) is 8.73. The van der Waals surface area contributed by atoms with Gasteiger partial charge in [0.2, 0.25) is 11.2 Å². The number of hydrogen-bond donors (Lipinski definition) is 0. The number of nitrogens with zero attached hydrogens (tertiary/aromatic N) is 3. The van der Waals surface area contributed by atoms with Crippen molar-refractivity contribution in [2.45, 2.75) is 4.90 Å². The summed E-state index contributed by atoms with van der Waals surface area (Å²) in [5.74, 6) is 1.35. The van der Waals surface area contributed by atoms with Gasteiger partial charge in [-0.15, -0.1) is 6.58 Å². The SMILES string of the molecule is C=CCS(=O)(=O)c1cc(OC)c2oc3c(N4CCN(c5ccccn5)CC4)c(OC)c(OC)c(OC)c3c(=O)c2c1. The molecule has 1 aliphatic rings. The Morgan fingerprint density at radius 1 is 0.927 bits per heavy atom. The third-order valence-electron chi connectivity index (χ3n) is 7.10. The fourth-order valence-corrected chi connectivity index (χ4v) is 6.27. The second kappa shape index (κ2) is 11.2. The normalized spacial score (nSPS) is 13.9. The van der Waals surface area contributed by atoms with Gasteiger partial charge in [0.1, 0.15) is 16.9 Å². The summed E-state index contributed by atoms with van der Waals surface area (Å²) in [6.45, 7) is 5.96. The molecule has 5 rings (SSSR count). The summed E-state index contributed by atoms with van der Waals surface area (Å²) in [5, 5.41) is 0.121. The van der Waals surface area contributed by atoms with E-state index in [-0.39, 0.29) is 49.8 Å². The Balaban J connectivity index is 1.78. The van der Waals surface area contributed by atoms with E-state index >= 15 is 0 Å². The van der Waals surface area contributed by atoms with Crippen molar-refractivity contribution in [3.8, 4) is 23.0 Å². The number of rotatable bonds is 9. The maximum atomic E-state index is 14.2. The predicted octanol–water partition coefficient (Wildman–Crippen LogP) is 3.66. The molecule has 0 atom stereocenters. The van der Waals surface area contributed by atoms with Gasteiger partial charge in [-0.25, -0.2) is 13.4 Å². The van der Waals surface area contributed by atoms with E-state index in [0.717, 1.165) is 5.82 Å². The summed E-state index contributed by atoms with van der Waals surface area (Å²) in [6, 6.07) is 8.42. The van der Waals surface area contributed by atoms with E-state index in [1.807, 2.05) is 18.2 Å². The number of piperazine rings is 1. The first kappa shape index (κ1) is 28.1. The molecule has 1 aliphatic heterocycles. The zero-order valence-electron chi connectivity index (χ0n) is 23.3. The average molecular weight is 582 g/mol. The minimum Gasteiger partial charge on any atom is -0.493 e. The number of fused-ring (bicyclic) bond motifs is 2. The highest BCUT2D eigenvalue weighted by Gasteiger charge is 2.32. The highest BCUT2D eigenvalue weighted by Crippen LogP contribution is 2.51. The van der Waals surface area contributed by atoms with E-state index in [2.05, 4.69) is 21.4 Å². The number of pyridine rings is 1. The summed E-state index contributed by atoms with van der Waals surface area (Å²) in [4.78, 5) is 22.8. The first-order valence-corrected chi connectivity index (χ1v) is 14.5. The molecule has 0 amide bonds. The smallest absolute Gasteiger partial charge is 0.206 e. The molecule has 3 heterocycles. The fourth-order valence-electron chi connectivity index (χ4n) is 5.18. The van der Waals surface area contributed by atoms with Crippen LogP contribution in [0.1, 0.15) is 0 Å². The molecule has 0 saturated carbocycles. The molecule has 0 radical (unpaired) electrons. The number of methoxy groups -OCH3 is 4. The highest BCUT2D eigenvalue weighted by atomic mass is 32.2. The van der Waals surface area contributed by atoms with E-state index in [1.54, 1.807) is 6.20 Å². The largest absolute Gasteiger partial charge is 0.493 e. The van der Waals surface area contributed by atoms with Gasteiger partial charge in [0.25, 0.3) is 0 Å². The monoisotopic (exact) mass is 581 g/mol. The van der Waals surface area contributed by atoms with E-state index in [4.69, 9.17) is 23.4 Å². The second-order valence-corrected chi connectivity index (χ2v) is 11.4. The topological polar surface area (TPSA) is 121 Å². The van der Waals surface area contributed by atoms with Crippen LogP contribution in [0.25, 0.3) is 21.9 Å². The predicted molar refractivity (Wildman–Crippen MR) is 157 cm³/mol. The van der Waals surface area contributed by atoms with Gasteiger partial charge in [0.05, 0.1) is 44.5 Å². The summed E-state index contributed by atoms with van der Waals surface area (Å²) in [5.41, 5.74) is 0.333. The first-order valence-electron chi connectivity index (χ1n) is 12.8. The van der Waals surface area contributed by atoms with Gasteiger partial charge in [0, 0.05) is 38.4 Å². The molecule has 2 aromatic carbocycles. The van der Waals surface area contributed by atoms with Gasteiger partial charge in [0.15, 0.2) is 38.3 Å². The van der Waals surface area contributed by atoms with Gasteiger partial charge in [-0.3, -0.25) is 4.79 Å². The summed E-state index contributed by atoms with van der Waals surface area (Å²) in [7, 11) is 2.00. The molecule has 0 bridgehead atoms. The van der Waals surface area contributed by atoms with Crippen molar-refractivity contribution in [1.29, 1.82) is 0 Å². The van der Waals surface area contributed by atoms with Crippen molar-refractivity contribution in [3.63, 3.8) is 0 Å². The van der Waals surface area contributed by atoms with Crippen LogP contribution in [0.5, 0.6) is 23.0 Å². The lowest BCUT2D eigenvalue weighted by Gasteiger charge is -2.37. The van der Waals surface area contributed by atoms with Crippen molar-refractivity contribution in [2.24, 2.45) is 0 Å². The lowest BCUT2D eigenvalue weighted by Crippen LogP contribution is -2.47. The molecule has 41 heavy (non-hydrogen) atoms. The molecule has 1 saturated heterocycles. The minimum absolute atomic E-state index is 0.0240. The zero-order chi connectivity index (χ0) is 29.3. The molecule has 11 nitrogen and oxygen atoms in total. The van der Waals surface area contributed by atoms with Crippen LogP contribution in [0, 0.1) is 0 Å². The van der Waals surface area contributed by atoms with Gasteiger partial charge < -0.3 is 33.2 Å². The zero-order valence-corrected chi connectivity index (χ0v) is 24.1.